The van der Waals surface area contributed by atoms with E-state index >= 15 is 0 Å². The first kappa shape index (κ1) is 16.5. The van der Waals surface area contributed by atoms with Gasteiger partial charge in [0.25, 0.3) is 11.8 Å². The summed E-state index contributed by atoms with van der Waals surface area (Å²) in [7, 11) is 0. The number of halogens is 1. The number of nitrogens with zero attached hydrogens (tertiary/aromatic N) is 3. The van der Waals surface area contributed by atoms with Crippen molar-refractivity contribution < 1.29 is 9.59 Å². The number of allylic oxidation sites excluding steroid dienone is 2. The summed E-state index contributed by atoms with van der Waals surface area (Å²) in [6.07, 6.45) is 8.58. The first-order valence-corrected chi connectivity index (χ1v) is 9.46. The van der Waals surface area contributed by atoms with Crippen LogP contribution in [0.2, 0.25) is 5.02 Å². The molecule has 0 spiro atoms. The van der Waals surface area contributed by atoms with Gasteiger partial charge in [0, 0.05) is 16.9 Å². The third-order valence-electron chi connectivity index (χ3n) is 5.95. The molecular weight excluding hydrogens is 362 g/mol. The van der Waals surface area contributed by atoms with Gasteiger partial charge < -0.3 is 4.57 Å². The molecule has 2 amide bonds. The van der Waals surface area contributed by atoms with Crippen LogP contribution < -0.4 is 0 Å². The van der Waals surface area contributed by atoms with Gasteiger partial charge in [-0.2, -0.15) is 10.1 Å². The lowest BCUT2D eigenvalue weighted by molar-refractivity contribution is -0.140. The first-order chi connectivity index (χ1) is 13.0. The Morgan fingerprint density at radius 3 is 2.48 bits per heavy atom. The summed E-state index contributed by atoms with van der Waals surface area (Å²) >= 11 is 6.11. The molecule has 2 aliphatic carbocycles. The molecule has 5 rings (SSSR count). The zero-order valence-corrected chi connectivity index (χ0v) is 15.5. The van der Waals surface area contributed by atoms with Crippen LogP contribution in [0.25, 0.3) is 5.69 Å². The molecule has 2 heterocycles. The average Bonchev–Trinajstić information content (AvgIpc) is 3.41. The minimum atomic E-state index is -0.227. The summed E-state index contributed by atoms with van der Waals surface area (Å²) in [6, 6.07) is 9.55. The van der Waals surface area contributed by atoms with Crippen molar-refractivity contribution in [1.29, 1.82) is 0 Å². The number of carbonyl (C=O) groups is 2. The van der Waals surface area contributed by atoms with Gasteiger partial charge in [-0.15, -0.1) is 0 Å². The Kier molecular flexibility index (Phi) is 3.62. The van der Waals surface area contributed by atoms with Gasteiger partial charge in [0.05, 0.1) is 23.7 Å². The van der Waals surface area contributed by atoms with Gasteiger partial charge in [0.15, 0.2) is 0 Å². The number of carbonyl (C=O) groups excluding carboxylic acids is 2. The number of amides is 2. The number of hydrogen-bond acceptors (Lipinski definition) is 3. The van der Waals surface area contributed by atoms with Crippen molar-refractivity contribution in [2.45, 2.75) is 13.3 Å². The fourth-order valence-electron chi connectivity index (χ4n) is 4.63. The van der Waals surface area contributed by atoms with Gasteiger partial charge in [0.2, 0.25) is 0 Å². The molecule has 1 saturated carbocycles. The van der Waals surface area contributed by atoms with E-state index in [9.17, 15) is 9.59 Å². The Labute approximate surface area is 161 Å². The number of imide groups is 1. The Morgan fingerprint density at radius 1 is 1.11 bits per heavy atom. The molecule has 0 unspecified atom stereocenters. The highest BCUT2D eigenvalue weighted by molar-refractivity contribution is 6.31. The molecule has 2 bridgehead atoms. The number of aromatic nitrogens is 1. The number of benzene rings is 1. The Bertz CT molecular complexity index is 992. The lowest BCUT2D eigenvalue weighted by Crippen LogP contribution is -2.28. The molecule has 6 heteroatoms. The van der Waals surface area contributed by atoms with Crippen LogP contribution in [-0.4, -0.2) is 27.6 Å². The van der Waals surface area contributed by atoms with Gasteiger partial charge in [0.1, 0.15) is 0 Å². The van der Waals surface area contributed by atoms with Crippen LogP contribution >= 0.6 is 11.6 Å². The third-order valence-corrected chi connectivity index (χ3v) is 6.38. The molecule has 3 aliphatic rings. The normalized spacial score (nSPS) is 28.7. The van der Waals surface area contributed by atoms with Crippen molar-refractivity contribution in [3.8, 4) is 5.69 Å². The number of hydrogen-bond donors (Lipinski definition) is 0. The van der Waals surface area contributed by atoms with Crippen LogP contribution in [0.15, 0.2) is 53.8 Å². The number of rotatable bonds is 3. The lowest BCUT2D eigenvalue weighted by atomic mass is 9.85. The highest BCUT2D eigenvalue weighted by atomic mass is 35.5. The SMILES string of the molecule is Cc1cc(-n2cccc2C=NN2C(=O)[C@@H]3[C@H](C2=O)[C@H]2C=C[C@H]3C2)ccc1Cl. The van der Waals surface area contributed by atoms with Gasteiger partial charge in [-0.1, -0.05) is 23.8 Å². The Morgan fingerprint density at radius 2 is 1.81 bits per heavy atom. The van der Waals surface area contributed by atoms with Crippen LogP contribution in [0.1, 0.15) is 17.7 Å². The van der Waals surface area contributed by atoms with Gasteiger partial charge in [-0.3, -0.25) is 9.59 Å². The molecular formula is C21H18ClN3O2. The first-order valence-electron chi connectivity index (χ1n) is 9.08. The van der Waals surface area contributed by atoms with E-state index in [0.29, 0.717) is 5.02 Å². The standard InChI is InChI=1S/C21H18ClN3O2/c1-12-9-15(6-7-17(12)22)24-8-2-3-16(24)11-23-25-20(26)18-13-4-5-14(10-13)19(18)21(25)27/h2-9,11,13-14,18-19H,10H2,1H3/t13-,14-,18-,19+/m0/s1. The Balaban J connectivity index is 1.43. The van der Waals surface area contributed by atoms with E-state index in [-0.39, 0.29) is 35.5 Å². The molecule has 0 radical (unpaired) electrons. The van der Waals surface area contributed by atoms with E-state index in [1.165, 1.54) is 0 Å². The molecule has 1 aromatic heterocycles. The number of aryl methyl sites for hydroxylation is 1. The zero-order chi connectivity index (χ0) is 18.7. The minimum absolute atomic E-state index is 0.168. The summed E-state index contributed by atoms with van der Waals surface area (Å²) in [5, 5.41) is 6.06. The molecule has 1 aliphatic heterocycles. The summed E-state index contributed by atoms with van der Waals surface area (Å²) in [5.41, 5.74) is 2.71. The largest absolute Gasteiger partial charge is 0.316 e. The average molecular weight is 380 g/mol. The fourth-order valence-corrected chi connectivity index (χ4v) is 4.75. The smallest absolute Gasteiger partial charge is 0.254 e. The maximum Gasteiger partial charge on any atom is 0.254 e. The molecule has 0 N–H and O–H groups in total. The monoisotopic (exact) mass is 379 g/mol. The van der Waals surface area contributed by atoms with E-state index in [0.717, 1.165) is 28.4 Å². The van der Waals surface area contributed by atoms with Crippen molar-refractivity contribution in [3.05, 3.63) is 65.0 Å². The number of fused-ring (bicyclic) bond motifs is 5. The summed E-state index contributed by atoms with van der Waals surface area (Å²) < 4.78 is 1.95. The number of hydrazone groups is 1. The zero-order valence-electron chi connectivity index (χ0n) is 14.7. The topological polar surface area (TPSA) is 54.7 Å². The minimum Gasteiger partial charge on any atom is -0.316 e. The van der Waals surface area contributed by atoms with Crippen LogP contribution in [0, 0.1) is 30.6 Å². The predicted molar refractivity (Wildman–Crippen MR) is 103 cm³/mol. The van der Waals surface area contributed by atoms with Crippen molar-refractivity contribution in [3.63, 3.8) is 0 Å². The highest BCUT2D eigenvalue weighted by Crippen LogP contribution is 2.52. The van der Waals surface area contributed by atoms with Crippen molar-refractivity contribution >= 4 is 29.6 Å². The highest BCUT2D eigenvalue weighted by Gasteiger charge is 2.59. The molecule has 136 valence electrons. The van der Waals surface area contributed by atoms with E-state index in [4.69, 9.17) is 11.6 Å². The van der Waals surface area contributed by atoms with Crippen molar-refractivity contribution in [2.75, 3.05) is 0 Å². The van der Waals surface area contributed by atoms with Crippen LogP contribution in [0.3, 0.4) is 0 Å². The maximum atomic E-state index is 12.7. The maximum absolute atomic E-state index is 12.7. The third kappa shape index (κ3) is 2.42. The van der Waals surface area contributed by atoms with Gasteiger partial charge in [-0.05, 0) is 61.1 Å². The van der Waals surface area contributed by atoms with Crippen LogP contribution in [-0.2, 0) is 9.59 Å². The quantitative estimate of drug-likeness (QED) is 0.465. The van der Waals surface area contributed by atoms with E-state index in [1.54, 1.807) is 6.21 Å². The lowest BCUT2D eigenvalue weighted by Gasteiger charge is -2.13. The van der Waals surface area contributed by atoms with Gasteiger partial charge in [-0.25, -0.2) is 0 Å². The van der Waals surface area contributed by atoms with E-state index in [2.05, 4.69) is 17.3 Å². The van der Waals surface area contributed by atoms with E-state index in [1.807, 2.05) is 48.0 Å². The predicted octanol–water partition coefficient (Wildman–Crippen LogP) is 3.58. The van der Waals surface area contributed by atoms with Crippen molar-refractivity contribution in [1.82, 2.24) is 9.58 Å². The Hall–Kier alpha value is -2.66. The summed E-state index contributed by atoms with van der Waals surface area (Å²) in [4.78, 5) is 25.4. The summed E-state index contributed by atoms with van der Waals surface area (Å²) in [6.45, 7) is 1.95. The molecule has 2 fully saturated rings. The second-order valence-electron chi connectivity index (χ2n) is 7.47. The molecule has 1 aromatic carbocycles. The second-order valence-corrected chi connectivity index (χ2v) is 7.88. The van der Waals surface area contributed by atoms with Crippen molar-refractivity contribution in [2.24, 2.45) is 28.8 Å². The molecule has 4 atom stereocenters. The second kappa shape index (κ2) is 5.92. The summed E-state index contributed by atoms with van der Waals surface area (Å²) in [5.74, 6) is -0.405. The van der Waals surface area contributed by atoms with E-state index < -0.39 is 0 Å². The fraction of sp³-hybridized carbons (Fsp3) is 0.286. The van der Waals surface area contributed by atoms with Crippen LogP contribution in [0.4, 0.5) is 0 Å². The molecule has 27 heavy (non-hydrogen) atoms. The van der Waals surface area contributed by atoms with Gasteiger partial charge >= 0.3 is 0 Å². The van der Waals surface area contributed by atoms with Crippen LogP contribution in [0.5, 0.6) is 0 Å². The molecule has 5 nitrogen and oxygen atoms in total. The molecule has 1 saturated heterocycles. The molecule has 2 aromatic rings.